The van der Waals surface area contributed by atoms with E-state index >= 15 is 0 Å². The molecule has 5 rings (SSSR count). The molecule has 3 atom stereocenters. The Morgan fingerprint density at radius 1 is 1.19 bits per heavy atom. The van der Waals surface area contributed by atoms with Crippen molar-refractivity contribution >= 4 is 6.09 Å². The Balaban J connectivity index is 1.17. The van der Waals surface area contributed by atoms with Crippen molar-refractivity contribution in [2.45, 2.75) is 75.0 Å². The van der Waals surface area contributed by atoms with Gasteiger partial charge in [-0.3, -0.25) is 0 Å². The highest BCUT2D eigenvalue weighted by molar-refractivity contribution is 5.67. The molecule has 4 aliphatic rings. The van der Waals surface area contributed by atoms with Gasteiger partial charge in [-0.2, -0.15) is 0 Å². The first-order valence-corrected chi connectivity index (χ1v) is 11.8. The number of carbonyl (C=O) groups excluding carboxylic acids is 1. The summed E-state index contributed by atoms with van der Waals surface area (Å²) in [6.45, 7) is 3.81. The summed E-state index contributed by atoms with van der Waals surface area (Å²) in [4.78, 5) is 14.9. The number of likely N-dealkylation sites (tertiary alicyclic amines) is 1. The normalized spacial score (nSPS) is 30.4. The molecular formula is C24H33FN2O4. The second kappa shape index (κ2) is 8.94. The molecule has 1 aromatic carbocycles. The van der Waals surface area contributed by atoms with Crippen LogP contribution in [0.2, 0.25) is 0 Å². The standard InChI is InChI=1S/C24H33FN2O4/c25-17-5-6-22-21(13-17)24(16-30-22)8-10-27(11-9-24)19-4-2-1-3-18(14-19)26-23(28)31-20-7-12-29-15-20/h5-6,13,18-20H,1-4,7-12,14-16H2,(H,26,28)/t18?,19?,20-/m0/s1. The molecule has 1 saturated carbocycles. The van der Waals surface area contributed by atoms with Crippen LogP contribution in [0.4, 0.5) is 9.18 Å². The molecule has 0 aromatic heterocycles. The molecule has 2 unspecified atom stereocenters. The maximum Gasteiger partial charge on any atom is 0.407 e. The molecule has 170 valence electrons. The Hall–Kier alpha value is -1.86. The molecule has 0 radical (unpaired) electrons. The zero-order valence-electron chi connectivity index (χ0n) is 18.1. The molecule has 1 aromatic rings. The van der Waals surface area contributed by atoms with Gasteiger partial charge in [-0.25, -0.2) is 9.18 Å². The second-order valence-electron chi connectivity index (χ2n) is 9.65. The van der Waals surface area contributed by atoms with Crippen molar-refractivity contribution < 1.29 is 23.4 Å². The number of hydrogen-bond donors (Lipinski definition) is 1. The first-order chi connectivity index (χ1) is 15.1. The molecule has 1 N–H and O–H groups in total. The Labute approximate surface area is 183 Å². The molecule has 1 amide bonds. The lowest BCUT2D eigenvalue weighted by Crippen LogP contribution is -2.49. The number of halogens is 1. The van der Waals surface area contributed by atoms with E-state index in [1.807, 2.05) is 0 Å². The third kappa shape index (κ3) is 4.53. The number of hydrogen-bond acceptors (Lipinski definition) is 5. The lowest BCUT2D eigenvalue weighted by molar-refractivity contribution is 0.0745. The van der Waals surface area contributed by atoms with E-state index in [1.165, 1.54) is 18.9 Å². The van der Waals surface area contributed by atoms with E-state index in [-0.39, 0.29) is 29.5 Å². The van der Waals surface area contributed by atoms with Gasteiger partial charge >= 0.3 is 6.09 Å². The van der Waals surface area contributed by atoms with Crippen LogP contribution in [-0.4, -0.2) is 62.1 Å². The number of ether oxygens (including phenoxy) is 3. The molecule has 1 aliphatic carbocycles. The van der Waals surface area contributed by atoms with Crippen molar-refractivity contribution in [3.05, 3.63) is 29.6 Å². The highest BCUT2D eigenvalue weighted by Gasteiger charge is 2.44. The third-order valence-electron chi connectivity index (χ3n) is 7.67. The Morgan fingerprint density at radius 2 is 2.03 bits per heavy atom. The summed E-state index contributed by atoms with van der Waals surface area (Å²) < 4.78 is 30.6. The maximum absolute atomic E-state index is 13.9. The van der Waals surface area contributed by atoms with E-state index in [0.29, 0.717) is 25.9 Å². The summed E-state index contributed by atoms with van der Waals surface area (Å²) in [6.07, 6.45) is 7.80. The topological polar surface area (TPSA) is 60.0 Å². The molecular weight excluding hydrogens is 399 g/mol. The van der Waals surface area contributed by atoms with Crippen LogP contribution in [0.3, 0.4) is 0 Å². The summed E-state index contributed by atoms with van der Waals surface area (Å²) in [5.41, 5.74) is 0.995. The monoisotopic (exact) mass is 432 g/mol. The van der Waals surface area contributed by atoms with Gasteiger partial charge in [0.25, 0.3) is 0 Å². The summed E-state index contributed by atoms with van der Waals surface area (Å²) in [5.74, 6) is 0.666. The summed E-state index contributed by atoms with van der Waals surface area (Å²) in [6, 6.07) is 5.54. The number of rotatable bonds is 3. The molecule has 2 saturated heterocycles. The van der Waals surface area contributed by atoms with Gasteiger partial charge in [-0.1, -0.05) is 12.8 Å². The lowest BCUT2D eigenvalue weighted by Gasteiger charge is -2.42. The zero-order valence-corrected chi connectivity index (χ0v) is 18.1. The van der Waals surface area contributed by atoms with E-state index in [4.69, 9.17) is 14.2 Å². The predicted octanol–water partition coefficient (Wildman–Crippen LogP) is 3.77. The lowest BCUT2D eigenvalue weighted by atomic mass is 9.74. The van der Waals surface area contributed by atoms with E-state index < -0.39 is 0 Å². The predicted molar refractivity (Wildman–Crippen MR) is 114 cm³/mol. The van der Waals surface area contributed by atoms with Gasteiger partial charge in [0, 0.05) is 29.5 Å². The minimum atomic E-state index is -0.305. The largest absolute Gasteiger partial charge is 0.492 e. The Morgan fingerprint density at radius 3 is 2.84 bits per heavy atom. The van der Waals surface area contributed by atoms with Gasteiger partial charge in [-0.05, 0) is 63.4 Å². The number of piperidine rings is 1. The first-order valence-electron chi connectivity index (χ1n) is 11.8. The quantitative estimate of drug-likeness (QED) is 0.737. The number of fused-ring (bicyclic) bond motifs is 2. The van der Waals surface area contributed by atoms with Crippen LogP contribution in [0, 0.1) is 5.82 Å². The average Bonchev–Trinajstić information content (AvgIpc) is 3.32. The highest BCUT2D eigenvalue weighted by atomic mass is 19.1. The van der Waals surface area contributed by atoms with Crippen molar-refractivity contribution in [1.82, 2.24) is 10.2 Å². The van der Waals surface area contributed by atoms with Crippen LogP contribution in [-0.2, 0) is 14.9 Å². The molecule has 0 bridgehead atoms. The minimum absolute atomic E-state index is 0.0521. The molecule has 7 heteroatoms. The highest BCUT2D eigenvalue weighted by Crippen LogP contribution is 2.46. The fraction of sp³-hybridized carbons (Fsp3) is 0.708. The van der Waals surface area contributed by atoms with Crippen molar-refractivity contribution in [3.8, 4) is 5.75 Å². The molecule has 6 nitrogen and oxygen atoms in total. The first kappa shape index (κ1) is 21.0. The molecule has 3 heterocycles. The van der Waals surface area contributed by atoms with Crippen LogP contribution >= 0.6 is 0 Å². The van der Waals surface area contributed by atoms with E-state index in [1.54, 1.807) is 12.1 Å². The van der Waals surface area contributed by atoms with Crippen molar-refractivity contribution in [3.63, 3.8) is 0 Å². The van der Waals surface area contributed by atoms with Crippen molar-refractivity contribution in [2.75, 3.05) is 32.9 Å². The van der Waals surface area contributed by atoms with Crippen LogP contribution in [0.25, 0.3) is 0 Å². The van der Waals surface area contributed by atoms with Crippen molar-refractivity contribution in [1.29, 1.82) is 0 Å². The van der Waals surface area contributed by atoms with E-state index in [9.17, 15) is 9.18 Å². The average molecular weight is 433 g/mol. The van der Waals surface area contributed by atoms with Gasteiger partial charge in [0.1, 0.15) is 17.7 Å². The van der Waals surface area contributed by atoms with Gasteiger partial charge < -0.3 is 24.4 Å². The number of benzene rings is 1. The molecule has 31 heavy (non-hydrogen) atoms. The number of amides is 1. The van der Waals surface area contributed by atoms with Gasteiger partial charge in [0.05, 0.1) is 19.8 Å². The van der Waals surface area contributed by atoms with Gasteiger partial charge in [-0.15, -0.1) is 0 Å². The molecule has 3 aliphatic heterocycles. The summed E-state index contributed by atoms with van der Waals surface area (Å²) in [5, 5.41) is 3.12. The number of nitrogens with zero attached hydrogens (tertiary/aromatic N) is 1. The zero-order chi connectivity index (χ0) is 21.3. The smallest absolute Gasteiger partial charge is 0.407 e. The Kier molecular flexibility index (Phi) is 6.06. The van der Waals surface area contributed by atoms with Crippen LogP contribution in [0.5, 0.6) is 5.75 Å². The molecule has 3 fully saturated rings. The number of carbonyl (C=O) groups is 1. The Bertz CT molecular complexity index is 790. The fourth-order valence-corrected chi connectivity index (χ4v) is 5.82. The van der Waals surface area contributed by atoms with Crippen LogP contribution in [0.15, 0.2) is 18.2 Å². The van der Waals surface area contributed by atoms with Crippen molar-refractivity contribution in [2.24, 2.45) is 0 Å². The summed E-state index contributed by atoms with van der Waals surface area (Å²) >= 11 is 0. The summed E-state index contributed by atoms with van der Waals surface area (Å²) in [7, 11) is 0. The number of alkyl carbamates (subject to hydrolysis) is 1. The minimum Gasteiger partial charge on any atom is -0.492 e. The van der Waals surface area contributed by atoms with Crippen LogP contribution < -0.4 is 10.1 Å². The maximum atomic E-state index is 13.9. The van der Waals surface area contributed by atoms with Gasteiger partial charge in [0.15, 0.2) is 0 Å². The van der Waals surface area contributed by atoms with E-state index in [2.05, 4.69) is 10.2 Å². The van der Waals surface area contributed by atoms with E-state index in [0.717, 1.165) is 62.9 Å². The van der Waals surface area contributed by atoms with Gasteiger partial charge in [0.2, 0.25) is 0 Å². The number of nitrogens with one attached hydrogen (secondary N) is 1. The fourth-order valence-electron chi connectivity index (χ4n) is 5.82. The third-order valence-corrected chi connectivity index (χ3v) is 7.67. The SMILES string of the molecule is O=C(NC1CCCCC(N2CCC3(CC2)COc2ccc(F)cc23)C1)O[C@H]1CCOC1. The second-order valence-corrected chi connectivity index (χ2v) is 9.65. The molecule has 1 spiro atoms. The van der Waals surface area contributed by atoms with Crippen LogP contribution in [0.1, 0.15) is 56.9 Å².